The molecule has 33 heavy (non-hydrogen) atoms. The van der Waals surface area contributed by atoms with Crippen LogP contribution >= 0.6 is 0 Å². The highest BCUT2D eigenvalue weighted by molar-refractivity contribution is 5.77. The van der Waals surface area contributed by atoms with Gasteiger partial charge in [0.15, 0.2) is 5.69 Å². The maximum atomic E-state index is 13.0. The molecule has 0 radical (unpaired) electrons. The molecule has 0 spiro atoms. The van der Waals surface area contributed by atoms with Gasteiger partial charge in [0.2, 0.25) is 11.7 Å². The number of rotatable bonds is 6. The van der Waals surface area contributed by atoms with Gasteiger partial charge in [-0.25, -0.2) is 0 Å². The molecule has 0 fully saturated rings. The first-order valence-electron chi connectivity index (χ1n) is 11.0. The van der Waals surface area contributed by atoms with Crippen LogP contribution in [-0.2, 0) is 31.2 Å². The lowest BCUT2D eigenvalue weighted by Gasteiger charge is -2.27. The third-order valence-electron chi connectivity index (χ3n) is 6.04. The van der Waals surface area contributed by atoms with Gasteiger partial charge in [0.05, 0.1) is 7.11 Å². The molecule has 2 aromatic carbocycles. The van der Waals surface area contributed by atoms with E-state index in [2.05, 4.69) is 15.2 Å². The number of aryl methyl sites for hydroxylation is 2. The van der Waals surface area contributed by atoms with Gasteiger partial charge < -0.3 is 14.2 Å². The molecule has 0 atom stereocenters. The van der Waals surface area contributed by atoms with Crippen molar-refractivity contribution in [3.8, 4) is 28.7 Å². The Morgan fingerprint density at radius 1 is 1.12 bits per heavy atom. The predicted octanol–water partition coefficient (Wildman–Crippen LogP) is 3.66. The Morgan fingerprint density at radius 2 is 1.91 bits per heavy atom. The van der Waals surface area contributed by atoms with Crippen molar-refractivity contribution in [1.82, 2.24) is 24.8 Å². The molecule has 1 aliphatic rings. The molecule has 1 aliphatic heterocycles. The fraction of sp³-hybridized carbons (Fsp3) is 0.280. The van der Waals surface area contributed by atoms with Crippen LogP contribution in [-0.4, -0.2) is 44.4 Å². The van der Waals surface area contributed by atoms with E-state index >= 15 is 0 Å². The highest BCUT2D eigenvalue weighted by atomic mass is 16.5. The first kappa shape index (κ1) is 20.9. The molecule has 0 saturated heterocycles. The van der Waals surface area contributed by atoms with E-state index in [0.29, 0.717) is 43.3 Å². The second kappa shape index (κ2) is 8.90. The minimum atomic E-state index is 0.127. The molecule has 168 valence electrons. The summed E-state index contributed by atoms with van der Waals surface area (Å²) >= 11 is 0. The summed E-state index contributed by atoms with van der Waals surface area (Å²) in [6.45, 7) is 1.16. The second-order valence-electron chi connectivity index (χ2n) is 8.10. The van der Waals surface area contributed by atoms with Crippen molar-refractivity contribution in [2.45, 2.75) is 25.8 Å². The Hall–Kier alpha value is -3.94. The molecule has 3 heterocycles. The van der Waals surface area contributed by atoms with Crippen LogP contribution in [0.25, 0.3) is 23.0 Å². The summed E-state index contributed by atoms with van der Waals surface area (Å²) in [5.74, 6) is 1.84. The second-order valence-corrected chi connectivity index (χ2v) is 8.10. The molecule has 8 nitrogen and oxygen atoms in total. The number of carbonyl (C=O) groups is 1. The van der Waals surface area contributed by atoms with Crippen molar-refractivity contribution < 1.29 is 14.1 Å². The maximum absolute atomic E-state index is 13.0. The molecular weight excluding hydrogens is 418 g/mol. The molecule has 0 aliphatic carbocycles. The molecular formula is C25H25N5O3. The normalized spacial score (nSPS) is 13.1. The molecule has 5 rings (SSSR count). The monoisotopic (exact) mass is 443 g/mol. The summed E-state index contributed by atoms with van der Waals surface area (Å²) in [4.78, 5) is 19.4. The van der Waals surface area contributed by atoms with E-state index in [0.717, 1.165) is 34.6 Å². The van der Waals surface area contributed by atoms with E-state index in [1.165, 1.54) is 0 Å². The Kier molecular flexibility index (Phi) is 5.64. The summed E-state index contributed by atoms with van der Waals surface area (Å²) in [5, 5.41) is 8.77. The Balaban J connectivity index is 1.31. The van der Waals surface area contributed by atoms with Gasteiger partial charge in [0.1, 0.15) is 5.75 Å². The van der Waals surface area contributed by atoms with Crippen molar-refractivity contribution in [3.05, 3.63) is 71.4 Å². The minimum Gasteiger partial charge on any atom is -0.497 e. The van der Waals surface area contributed by atoms with E-state index in [1.807, 2.05) is 71.2 Å². The van der Waals surface area contributed by atoms with Gasteiger partial charge in [-0.1, -0.05) is 47.6 Å². The Labute approximate surface area is 191 Å². The van der Waals surface area contributed by atoms with Crippen LogP contribution in [0.4, 0.5) is 0 Å². The Morgan fingerprint density at radius 3 is 2.67 bits per heavy atom. The summed E-state index contributed by atoms with van der Waals surface area (Å²) < 4.78 is 12.6. The largest absolute Gasteiger partial charge is 0.497 e. The summed E-state index contributed by atoms with van der Waals surface area (Å²) in [7, 11) is 3.56. The summed E-state index contributed by atoms with van der Waals surface area (Å²) in [5.41, 5.74) is 4.72. The van der Waals surface area contributed by atoms with Crippen molar-refractivity contribution in [3.63, 3.8) is 0 Å². The number of amides is 1. The molecule has 2 aromatic heterocycles. The number of carbonyl (C=O) groups excluding carboxylic acids is 1. The van der Waals surface area contributed by atoms with Gasteiger partial charge in [-0.3, -0.25) is 9.48 Å². The van der Waals surface area contributed by atoms with Crippen molar-refractivity contribution in [2.24, 2.45) is 7.05 Å². The number of methoxy groups -OCH3 is 1. The average molecular weight is 444 g/mol. The van der Waals surface area contributed by atoms with Crippen LogP contribution in [0.5, 0.6) is 5.75 Å². The van der Waals surface area contributed by atoms with Crippen molar-refractivity contribution >= 4 is 5.91 Å². The van der Waals surface area contributed by atoms with Crippen LogP contribution in [0.15, 0.2) is 59.1 Å². The van der Waals surface area contributed by atoms with Crippen LogP contribution in [0.1, 0.15) is 23.2 Å². The summed E-state index contributed by atoms with van der Waals surface area (Å²) in [6, 6.07) is 17.5. The number of fused-ring (bicyclic) bond motifs is 1. The Bertz CT molecular complexity index is 1260. The highest BCUT2D eigenvalue weighted by Crippen LogP contribution is 2.30. The third kappa shape index (κ3) is 4.24. The molecule has 8 heteroatoms. The summed E-state index contributed by atoms with van der Waals surface area (Å²) in [6.07, 6.45) is 1.89. The molecule has 0 N–H and O–H groups in total. The van der Waals surface area contributed by atoms with E-state index in [-0.39, 0.29) is 5.91 Å². The standard InChI is InChI=1S/C25H25N5O3/c1-29-21-14-15-30(22(31)13-10-17-8-11-19(32-2)12-9-17)16-20(21)23(27-29)25-26-24(28-33-25)18-6-4-3-5-7-18/h3-9,11-12H,10,13-16H2,1-2H3. The zero-order chi connectivity index (χ0) is 22.8. The fourth-order valence-corrected chi connectivity index (χ4v) is 4.20. The maximum Gasteiger partial charge on any atom is 0.279 e. The number of ether oxygens (including phenoxy) is 1. The van der Waals surface area contributed by atoms with Crippen molar-refractivity contribution in [2.75, 3.05) is 13.7 Å². The number of nitrogens with zero attached hydrogens (tertiary/aromatic N) is 5. The van der Waals surface area contributed by atoms with Gasteiger partial charge in [0.25, 0.3) is 5.89 Å². The third-order valence-corrected chi connectivity index (χ3v) is 6.04. The number of benzene rings is 2. The van der Waals surface area contributed by atoms with Crippen LogP contribution in [0.2, 0.25) is 0 Å². The lowest BCUT2D eigenvalue weighted by atomic mass is 10.0. The smallest absolute Gasteiger partial charge is 0.279 e. The van der Waals surface area contributed by atoms with Crippen LogP contribution in [0, 0.1) is 0 Å². The molecule has 0 bridgehead atoms. The molecule has 0 saturated carbocycles. The topological polar surface area (TPSA) is 86.3 Å². The lowest BCUT2D eigenvalue weighted by Crippen LogP contribution is -2.36. The molecule has 0 unspecified atom stereocenters. The van der Waals surface area contributed by atoms with E-state index in [9.17, 15) is 4.79 Å². The SMILES string of the molecule is COc1ccc(CCC(=O)N2CCc3c(c(-c4nc(-c5ccccc5)no4)nn3C)C2)cc1. The van der Waals surface area contributed by atoms with Crippen LogP contribution in [0.3, 0.4) is 0 Å². The first-order chi connectivity index (χ1) is 16.1. The predicted molar refractivity (Wildman–Crippen MR) is 122 cm³/mol. The van der Waals surface area contributed by atoms with Gasteiger partial charge in [-0.05, 0) is 24.1 Å². The van der Waals surface area contributed by atoms with Gasteiger partial charge in [-0.15, -0.1) is 0 Å². The van der Waals surface area contributed by atoms with E-state index in [4.69, 9.17) is 9.26 Å². The van der Waals surface area contributed by atoms with E-state index in [1.54, 1.807) is 7.11 Å². The fourth-order valence-electron chi connectivity index (χ4n) is 4.20. The zero-order valence-corrected chi connectivity index (χ0v) is 18.7. The van der Waals surface area contributed by atoms with E-state index < -0.39 is 0 Å². The molecule has 4 aromatic rings. The quantitative estimate of drug-likeness (QED) is 0.452. The van der Waals surface area contributed by atoms with Gasteiger partial charge >= 0.3 is 0 Å². The minimum absolute atomic E-state index is 0.127. The van der Waals surface area contributed by atoms with Crippen molar-refractivity contribution in [1.29, 1.82) is 0 Å². The van der Waals surface area contributed by atoms with Gasteiger partial charge in [0, 0.05) is 49.8 Å². The highest BCUT2D eigenvalue weighted by Gasteiger charge is 2.29. The van der Waals surface area contributed by atoms with Crippen LogP contribution < -0.4 is 4.74 Å². The number of hydrogen-bond acceptors (Lipinski definition) is 6. The lowest BCUT2D eigenvalue weighted by molar-refractivity contribution is -0.132. The zero-order valence-electron chi connectivity index (χ0n) is 18.7. The van der Waals surface area contributed by atoms with Gasteiger partial charge in [-0.2, -0.15) is 10.1 Å². The number of hydrogen-bond donors (Lipinski definition) is 0. The molecule has 1 amide bonds. The first-order valence-corrected chi connectivity index (χ1v) is 11.0. The average Bonchev–Trinajstić information content (AvgIpc) is 3.48. The number of aromatic nitrogens is 4.